The number of amides is 2. The van der Waals surface area contributed by atoms with Crippen molar-refractivity contribution in [1.82, 2.24) is 20.3 Å². The first-order valence-electron chi connectivity index (χ1n) is 9.25. The molecule has 160 valence electrons. The van der Waals surface area contributed by atoms with Gasteiger partial charge in [0.25, 0.3) is 11.6 Å². The van der Waals surface area contributed by atoms with Gasteiger partial charge in [-0.1, -0.05) is 23.4 Å². The number of hydrogen-bond donors (Lipinski definition) is 2. The molecular formula is C20H19FN6O4. The van der Waals surface area contributed by atoms with Gasteiger partial charge in [-0.3, -0.25) is 19.7 Å². The van der Waals surface area contributed by atoms with Crippen LogP contribution in [0.2, 0.25) is 0 Å². The molecule has 3 rings (SSSR count). The van der Waals surface area contributed by atoms with E-state index in [2.05, 4.69) is 15.6 Å². The molecule has 3 aromatic rings. The van der Waals surface area contributed by atoms with Crippen LogP contribution in [0.15, 0.2) is 48.5 Å². The molecule has 3 N–H and O–H groups in total. The molecule has 0 aliphatic heterocycles. The fraction of sp³-hybridized carbons (Fsp3) is 0.200. The molecule has 2 aromatic carbocycles. The number of nitrogens with two attached hydrogens (primary N) is 1. The van der Waals surface area contributed by atoms with E-state index < -0.39 is 28.5 Å². The maximum absolute atomic E-state index is 13.1. The molecule has 10 nitrogen and oxygen atoms in total. The summed E-state index contributed by atoms with van der Waals surface area (Å²) in [7, 11) is 0. The maximum atomic E-state index is 13.1. The van der Waals surface area contributed by atoms with E-state index in [1.54, 1.807) is 25.1 Å². The Morgan fingerprint density at radius 3 is 2.61 bits per heavy atom. The lowest BCUT2D eigenvalue weighted by Crippen LogP contribution is -2.37. The van der Waals surface area contributed by atoms with Crippen molar-refractivity contribution in [3.05, 3.63) is 81.4 Å². The summed E-state index contributed by atoms with van der Waals surface area (Å²) < 4.78 is 14.4. The molecule has 0 fully saturated rings. The molecule has 0 saturated heterocycles. The molecule has 1 aromatic heterocycles. The number of primary amides is 1. The molecule has 1 atom stereocenters. The lowest BCUT2D eigenvalue weighted by Gasteiger charge is -2.14. The van der Waals surface area contributed by atoms with Crippen molar-refractivity contribution in [2.75, 3.05) is 6.54 Å². The van der Waals surface area contributed by atoms with Crippen LogP contribution in [0.1, 0.15) is 21.7 Å². The first-order valence-corrected chi connectivity index (χ1v) is 9.25. The van der Waals surface area contributed by atoms with Crippen molar-refractivity contribution >= 4 is 17.5 Å². The van der Waals surface area contributed by atoms with Gasteiger partial charge >= 0.3 is 0 Å². The number of carbonyl (C=O) groups is 2. The highest BCUT2D eigenvalue weighted by Crippen LogP contribution is 2.18. The molecule has 0 aliphatic carbocycles. The first-order chi connectivity index (χ1) is 14.8. The van der Waals surface area contributed by atoms with Crippen LogP contribution in [0.4, 0.5) is 10.1 Å². The maximum Gasteiger partial charge on any atom is 0.273 e. The Hall–Kier alpha value is -4.15. The summed E-state index contributed by atoms with van der Waals surface area (Å²) in [6.07, 6.45) is 0.231. The van der Waals surface area contributed by atoms with E-state index in [0.717, 1.165) is 0 Å². The summed E-state index contributed by atoms with van der Waals surface area (Å²) in [5, 5.41) is 21.3. The minimum absolute atomic E-state index is 0.0107. The van der Waals surface area contributed by atoms with Gasteiger partial charge in [0.1, 0.15) is 5.82 Å². The van der Waals surface area contributed by atoms with Crippen LogP contribution < -0.4 is 11.1 Å². The molecule has 0 bridgehead atoms. The summed E-state index contributed by atoms with van der Waals surface area (Å²) in [5.41, 5.74) is 6.77. The van der Waals surface area contributed by atoms with E-state index in [0.29, 0.717) is 16.9 Å². The van der Waals surface area contributed by atoms with Gasteiger partial charge in [0.2, 0.25) is 5.91 Å². The van der Waals surface area contributed by atoms with Gasteiger partial charge in [0.05, 0.1) is 22.2 Å². The summed E-state index contributed by atoms with van der Waals surface area (Å²) in [6, 6.07) is 11.4. The second-order valence-corrected chi connectivity index (χ2v) is 6.85. The molecule has 0 saturated carbocycles. The van der Waals surface area contributed by atoms with E-state index >= 15 is 0 Å². The highest BCUT2D eigenvalue weighted by atomic mass is 19.1. The average molecular weight is 426 g/mol. The van der Waals surface area contributed by atoms with Crippen molar-refractivity contribution in [1.29, 1.82) is 0 Å². The van der Waals surface area contributed by atoms with Gasteiger partial charge < -0.3 is 11.1 Å². The topological polar surface area (TPSA) is 146 Å². The highest BCUT2D eigenvalue weighted by Gasteiger charge is 2.22. The zero-order valence-electron chi connectivity index (χ0n) is 16.5. The number of nitro groups is 1. The molecule has 0 spiro atoms. The fourth-order valence-electron chi connectivity index (χ4n) is 3.00. The summed E-state index contributed by atoms with van der Waals surface area (Å²) in [4.78, 5) is 34.8. The highest BCUT2D eigenvalue weighted by molar-refractivity contribution is 5.93. The van der Waals surface area contributed by atoms with Crippen molar-refractivity contribution in [2.24, 2.45) is 11.7 Å². The summed E-state index contributed by atoms with van der Waals surface area (Å²) in [5.74, 6) is -2.28. The van der Waals surface area contributed by atoms with Gasteiger partial charge in [-0.05, 0) is 37.1 Å². The van der Waals surface area contributed by atoms with Gasteiger partial charge in [0.15, 0.2) is 5.69 Å². The van der Waals surface area contributed by atoms with Crippen LogP contribution >= 0.6 is 0 Å². The lowest BCUT2D eigenvalue weighted by atomic mass is 9.98. The monoisotopic (exact) mass is 426 g/mol. The Labute approximate surface area is 176 Å². The van der Waals surface area contributed by atoms with E-state index in [-0.39, 0.29) is 24.3 Å². The first kappa shape index (κ1) is 21.6. The Morgan fingerprint density at radius 1 is 1.26 bits per heavy atom. The third-order valence-corrected chi connectivity index (χ3v) is 4.70. The number of nitrogens with one attached hydrogen (secondary N) is 1. The predicted octanol–water partition coefficient (Wildman–Crippen LogP) is 1.70. The second kappa shape index (κ2) is 9.11. The number of non-ortho nitro benzene ring substituents is 1. The van der Waals surface area contributed by atoms with Gasteiger partial charge in [-0.25, -0.2) is 9.07 Å². The standard InChI is InChI=1S/C20H19FN6O4/c1-12-18(24-25-26(12)16-3-2-4-17(10-16)27(30)31)20(29)23-11-14(19(22)28)9-13-5-7-15(21)8-6-13/h2-8,10,14H,9,11H2,1H3,(H2,22,28)(H,23,29). The number of hydrogen-bond acceptors (Lipinski definition) is 6. The summed E-state index contributed by atoms with van der Waals surface area (Å²) >= 11 is 0. The minimum Gasteiger partial charge on any atom is -0.369 e. The van der Waals surface area contributed by atoms with Crippen LogP contribution in [-0.2, 0) is 11.2 Å². The molecular weight excluding hydrogens is 407 g/mol. The third kappa shape index (κ3) is 5.07. The largest absolute Gasteiger partial charge is 0.369 e. The van der Waals surface area contributed by atoms with Crippen molar-refractivity contribution in [3.8, 4) is 5.69 Å². The smallest absolute Gasteiger partial charge is 0.273 e. The normalized spacial score (nSPS) is 11.7. The van der Waals surface area contributed by atoms with Crippen molar-refractivity contribution in [3.63, 3.8) is 0 Å². The fourth-order valence-corrected chi connectivity index (χ4v) is 3.00. The number of rotatable bonds is 8. The van der Waals surface area contributed by atoms with E-state index in [9.17, 15) is 24.1 Å². The van der Waals surface area contributed by atoms with Gasteiger partial charge in [-0.2, -0.15) is 0 Å². The number of nitro benzene ring substituents is 1. The Kier molecular flexibility index (Phi) is 6.34. The number of benzene rings is 2. The van der Waals surface area contributed by atoms with Crippen LogP contribution in [-0.4, -0.2) is 38.3 Å². The summed E-state index contributed by atoms with van der Waals surface area (Å²) in [6.45, 7) is 1.55. The molecule has 1 heterocycles. The van der Waals surface area contributed by atoms with E-state index in [4.69, 9.17) is 5.73 Å². The molecule has 2 amide bonds. The molecule has 31 heavy (non-hydrogen) atoms. The van der Waals surface area contributed by atoms with Crippen LogP contribution in [0.25, 0.3) is 5.69 Å². The van der Waals surface area contributed by atoms with Crippen LogP contribution in [0, 0.1) is 28.8 Å². The quantitative estimate of drug-likeness (QED) is 0.414. The minimum atomic E-state index is -0.707. The number of aromatic nitrogens is 3. The SMILES string of the molecule is Cc1c(C(=O)NCC(Cc2ccc(F)cc2)C(N)=O)nnn1-c1cccc([N+](=O)[O-])c1. The van der Waals surface area contributed by atoms with Gasteiger partial charge in [-0.15, -0.1) is 5.10 Å². The average Bonchev–Trinajstić information content (AvgIpc) is 3.13. The lowest BCUT2D eigenvalue weighted by molar-refractivity contribution is -0.384. The van der Waals surface area contributed by atoms with Crippen molar-refractivity contribution < 1.29 is 18.9 Å². The van der Waals surface area contributed by atoms with Crippen LogP contribution in [0.5, 0.6) is 0 Å². The third-order valence-electron chi connectivity index (χ3n) is 4.70. The number of carbonyl (C=O) groups excluding carboxylic acids is 2. The zero-order valence-corrected chi connectivity index (χ0v) is 16.5. The zero-order chi connectivity index (χ0) is 22.5. The molecule has 1 unspecified atom stereocenters. The van der Waals surface area contributed by atoms with Gasteiger partial charge in [0, 0.05) is 18.7 Å². The predicted molar refractivity (Wildman–Crippen MR) is 108 cm³/mol. The van der Waals surface area contributed by atoms with Crippen molar-refractivity contribution in [2.45, 2.75) is 13.3 Å². The Morgan fingerprint density at radius 2 is 1.97 bits per heavy atom. The second-order valence-electron chi connectivity index (χ2n) is 6.85. The number of halogens is 1. The Bertz CT molecular complexity index is 1130. The van der Waals surface area contributed by atoms with E-state index in [1.165, 1.54) is 35.0 Å². The molecule has 0 aliphatic rings. The Balaban J connectivity index is 1.71. The van der Waals surface area contributed by atoms with E-state index in [1.807, 2.05) is 0 Å². The molecule has 0 radical (unpaired) electrons. The van der Waals surface area contributed by atoms with Crippen LogP contribution in [0.3, 0.4) is 0 Å². The molecule has 11 heteroatoms. The number of nitrogens with zero attached hydrogens (tertiary/aromatic N) is 4.